The molecule has 0 fully saturated rings. The zero-order valence-corrected chi connectivity index (χ0v) is 30.2. The smallest absolute Gasteiger partial charge is 0.265 e. The summed E-state index contributed by atoms with van der Waals surface area (Å²) in [7, 11) is -0.310. The van der Waals surface area contributed by atoms with Gasteiger partial charge in [-0.15, -0.1) is 0 Å². The summed E-state index contributed by atoms with van der Waals surface area (Å²) in [5.74, 6) is -0.450. The van der Waals surface area contributed by atoms with Crippen molar-refractivity contribution in [1.29, 1.82) is 0 Å². The average molecular weight is 729 g/mol. The van der Waals surface area contributed by atoms with Crippen LogP contribution >= 0.6 is 23.2 Å². The molecule has 0 spiro atoms. The molecular weight excluding hydrogens is 689 g/mol. The minimum Gasteiger partial charge on any atom is -0.495 e. The van der Waals surface area contributed by atoms with Gasteiger partial charge in [-0.25, -0.2) is 8.42 Å². The van der Waals surface area contributed by atoms with Gasteiger partial charge in [-0.05, 0) is 61.4 Å². The van der Waals surface area contributed by atoms with Gasteiger partial charge in [0.25, 0.3) is 10.0 Å². The van der Waals surface area contributed by atoms with Gasteiger partial charge in [-0.1, -0.05) is 71.7 Å². The largest absolute Gasteiger partial charge is 0.495 e. The number of halogens is 2. The number of nitrogens with zero attached hydrogens (tertiary/aromatic N) is 2. The number of rotatable bonds is 15. The third-order valence-electron chi connectivity index (χ3n) is 7.63. The van der Waals surface area contributed by atoms with E-state index in [2.05, 4.69) is 5.32 Å². The van der Waals surface area contributed by atoms with Crippen molar-refractivity contribution in [2.75, 3.05) is 32.2 Å². The van der Waals surface area contributed by atoms with Crippen LogP contribution in [0.4, 0.5) is 5.69 Å². The molecule has 10 nitrogen and oxygen atoms in total. The molecule has 0 aliphatic carbocycles. The van der Waals surface area contributed by atoms with E-state index < -0.39 is 34.4 Å². The van der Waals surface area contributed by atoms with Crippen LogP contribution in [0.2, 0.25) is 10.0 Å². The second kappa shape index (κ2) is 16.8. The number of methoxy groups -OCH3 is 3. The summed E-state index contributed by atoms with van der Waals surface area (Å²) >= 11 is 12.9. The maximum atomic E-state index is 14.7. The van der Waals surface area contributed by atoms with Crippen LogP contribution in [-0.2, 0) is 32.6 Å². The highest BCUT2D eigenvalue weighted by atomic mass is 35.5. The summed E-state index contributed by atoms with van der Waals surface area (Å²) in [5, 5.41) is 3.52. The standard InChI is InChI=1S/C36H39Cl2N3O7S/c1-24(2)39-36(43)31(19-25-11-7-6-8-12-25)40(22-26-13-9-10-14-29(26)38)35(42)23-41(30-20-27(37)15-17-32(30)46-3)49(44,45)28-16-18-33(47-4)34(21-28)48-5/h6-18,20-21,24,31H,19,22-23H2,1-5H3,(H,39,43)/t31-/m0/s1. The van der Waals surface area contributed by atoms with Crippen molar-refractivity contribution in [1.82, 2.24) is 10.2 Å². The molecule has 0 radical (unpaired) electrons. The molecule has 0 aliphatic heterocycles. The molecule has 0 saturated heterocycles. The van der Waals surface area contributed by atoms with Crippen molar-refractivity contribution in [2.45, 2.75) is 43.8 Å². The normalized spacial score (nSPS) is 11.8. The minimum atomic E-state index is -4.51. The van der Waals surface area contributed by atoms with Crippen LogP contribution in [0.5, 0.6) is 17.2 Å². The molecule has 49 heavy (non-hydrogen) atoms. The molecule has 0 aliphatic rings. The number of hydrogen-bond acceptors (Lipinski definition) is 7. The van der Waals surface area contributed by atoms with Gasteiger partial charge < -0.3 is 24.4 Å². The van der Waals surface area contributed by atoms with Gasteiger partial charge in [0.2, 0.25) is 11.8 Å². The summed E-state index contributed by atoms with van der Waals surface area (Å²) in [6.45, 7) is 2.83. The Balaban J connectivity index is 1.89. The number of amides is 2. The van der Waals surface area contributed by atoms with E-state index in [0.29, 0.717) is 16.3 Å². The summed E-state index contributed by atoms with van der Waals surface area (Å²) in [6.07, 6.45) is 0.151. The summed E-state index contributed by atoms with van der Waals surface area (Å²) < 4.78 is 46.2. The number of carbonyl (C=O) groups excluding carboxylic acids is 2. The lowest BCUT2D eigenvalue weighted by Gasteiger charge is -2.34. The van der Waals surface area contributed by atoms with E-state index in [1.807, 2.05) is 44.2 Å². The molecule has 0 unspecified atom stereocenters. The van der Waals surface area contributed by atoms with Crippen LogP contribution in [0.25, 0.3) is 0 Å². The SMILES string of the molecule is COc1ccc(S(=O)(=O)N(CC(=O)N(Cc2ccccc2Cl)[C@@H](Cc2ccccc2)C(=O)NC(C)C)c2cc(Cl)ccc2OC)cc1OC. The van der Waals surface area contributed by atoms with E-state index in [0.717, 1.165) is 9.87 Å². The van der Waals surface area contributed by atoms with E-state index in [9.17, 15) is 18.0 Å². The molecule has 0 heterocycles. The van der Waals surface area contributed by atoms with Gasteiger partial charge in [0.15, 0.2) is 11.5 Å². The summed E-state index contributed by atoms with van der Waals surface area (Å²) in [6, 6.07) is 23.5. The maximum absolute atomic E-state index is 14.7. The fourth-order valence-corrected chi connectivity index (χ4v) is 7.01. The van der Waals surface area contributed by atoms with Crippen LogP contribution < -0.4 is 23.8 Å². The minimum absolute atomic E-state index is 0.0158. The third kappa shape index (κ3) is 9.17. The number of ether oxygens (including phenoxy) is 3. The second-order valence-corrected chi connectivity index (χ2v) is 14.0. The number of sulfonamides is 1. The highest BCUT2D eigenvalue weighted by molar-refractivity contribution is 7.92. The van der Waals surface area contributed by atoms with E-state index in [1.54, 1.807) is 30.3 Å². The lowest BCUT2D eigenvalue weighted by molar-refractivity contribution is -0.140. The van der Waals surface area contributed by atoms with Crippen LogP contribution in [0, 0.1) is 0 Å². The molecule has 4 aromatic carbocycles. The zero-order chi connectivity index (χ0) is 35.7. The molecule has 0 saturated carbocycles. The Hall–Kier alpha value is -4.45. The van der Waals surface area contributed by atoms with Crippen molar-refractivity contribution in [2.24, 2.45) is 0 Å². The predicted octanol–water partition coefficient (Wildman–Crippen LogP) is 6.38. The maximum Gasteiger partial charge on any atom is 0.265 e. The molecule has 2 amide bonds. The average Bonchev–Trinajstić information content (AvgIpc) is 3.09. The van der Waals surface area contributed by atoms with Crippen LogP contribution in [0.1, 0.15) is 25.0 Å². The predicted molar refractivity (Wildman–Crippen MR) is 191 cm³/mol. The quantitative estimate of drug-likeness (QED) is 0.151. The Morgan fingerprint density at radius 3 is 2.06 bits per heavy atom. The molecule has 1 atom stereocenters. The van der Waals surface area contributed by atoms with Crippen molar-refractivity contribution in [3.63, 3.8) is 0 Å². The van der Waals surface area contributed by atoms with Crippen LogP contribution in [-0.4, -0.2) is 65.1 Å². The first-order chi connectivity index (χ1) is 23.4. The van der Waals surface area contributed by atoms with E-state index in [-0.39, 0.29) is 46.1 Å². The number of anilines is 1. The lowest BCUT2D eigenvalue weighted by atomic mass is 10.0. The van der Waals surface area contributed by atoms with Gasteiger partial charge in [-0.3, -0.25) is 13.9 Å². The van der Waals surface area contributed by atoms with Gasteiger partial charge in [0, 0.05) is 35.1 Å². The highest BCUT2D eigenvalue weighted by Gasteiger charge is 2.36. The van der Waals surface area contributed by atoms with Crippen LogP contribution in [0.15, 0.2) is 95.9 Å². The lowest BCUT2D eigenvalue weighted by Crippen LogP contribution is -2.54. The number of benzene rings is 4. The molecule has 0 aromatic heterocycles. The van der Waals surface area contributed by atoms with Gasteiger partial charge in [0.1, 0.15) is 18.3 Å². The summed E-state index contributed by atoms with van der Waals surface area (Å²) in [4.78, 5) is 29.8. The Labute approximate surface area is 297 Å². The Morgan fingerprint density at radius 1 is 0.796 bits per heavy atom. The fourth-order valence-electron chi connectivity index (χ4n) is 5.22. The third-order valence-corrected chi connectivity index (χ3v) is 9.99. The van der Waals surface area contributed by atoms with Gasteiger partial charge in [-0.2, -0.15) is 0 Å². The first-order valence-electron chi connectivity index (χ1n) is 15.3. The first-order valence-corrected chi connectivity index (χ1v) is 17.5. The molecule has 0 bridgehead atoms. The fraction of sp³-hybridized carbons (Fsp3) is 0.278. The highest BCUT2D eigenvalue weighted by Crippen LogP contribution is 2.37. The van der Waals surface area contributed by atoms with Crippen molar-refractivity contribution >= 4 is 50.7 Å². The van der Waals surface area contributed by atoms with E-state index in [1.165, 1.54) is 56.6 Å². The van der Waals surface area contributed by atoms with E-state index in [4.69, 9.17) is 37.4 Å². The molecule has 4 aromatic rings. The van der Waals surface area contributed by atoms with Crippen LogP contribution in [0.3, 0.4) is 0 Å². The monoisotopic (exact) mass is 727 g/mol. The molecule has 4 rings (SSSR count). The number of hydrogen-bond donors (Lipinski definition) is 1. The van der Waals surface area contributed by atoms with Gasteiger partial charge in [0.05, 0.1) is 31.9 Å². The van der Waals surface area contributed by atoms with E-state index >= 15 is 0 Å². The number of carbonyl (C=O) groups is 2. The topological polar surface area (TPSA) is 114 Å². The second-order valence-electron chi connectivity index (χ2n) is 11.3. The van der Waals surface area contributed by atoms with Crippen molar-refractivity contribution < 1.29 is 32.2 Å². The first kappa shape index (κ1) is 37.4. The Morgan fingerprint density at radius 2 is 1.43 bits per heavy atom. The summed E-state index contributed by atoms with van der Waals surface area (Å²) in [5.41, 5.74) is 1.39. The Kier molecular flexibility index (Phi) is 12.8. The molecule has 1 N–H and O–H groups in total. The zero-order valence-electron chi connectivity index (χ0n) is 27.9. The van der Waals surface area contributed by atoms with Crippen molar-refractivity contribution in [3.8, 4) is 17.2 Å². The van der Waals surface area contributed by atoms with Gasteiger partial charge >= 0.3 is 0 Å². The Bertz CT molecular complexity index is 1870. The van der Waals surface area contributed by atoms with Crippen molar-refractivity contribution in [3.05, 3.63) is 112 Å². The molecule has 13 heteroatoms. The molecule has 260 valence electrons. The molecular formula is C36H39Cl2N3O7S. The number of nitrogens with one attached hydrogen (secondary N) is 1.